The quantitative estimate of drug-likeness (QED) is 0.771. The standard InChI is InChI=1S/C20H31N3O3S/c1-21(2)27(25,26)23-14-11-18(12-15-23)19-10-6-7-13-22(20(19)24)16-17-8-4-3-5-9-17/h3-5,8-9,18-19H,6-7,10-16H2,1-2H3/t19-/m1/s1. The summed E-state index contributed by atoms with van der Waals surface area (Å²) in [5.41, 5.74) is 1.17. The van der Waals surface area contributed by atoms with Crippen LogP contribution in [-0.4, -0.2) is 61.6 Å². The van der Waals surface area contributed by atoms with Gasteiger partial charge < -0.3 is 4.90 Å². The van der Waals surface area contributed by atoms with E-state index in [1.54, 1.807) is 18.4 Å². The molecule has 0 bridgehead atoms. The molecule has 1 aromatic rings. The molecule has 6 nitrogen and oxygen atoms in total. The van der Waals surface area contributed by atoms with E-state index in [9.17, 15) is 13.2 Å². The van der Waals surface area contributed by atoms with Crippen LogP contribution >= 0.6 is 0 Å². The van der Waals surface area contributed by atoms with Gasteiger partial charge in [-0.25, -0.2) is 0 Å². The molecule has 0 radical (unpaired) electrons. The van der Waals surface area contributed by atoms with Crippen LogP contribution in [0.5, 0.6) is 0 Å². The van der Waals surface area contributed by atoms with Gasteiger partial charge >= 0.3 is 0 Å². The van der Waals surface area contributed by atoms with E-state index in [1.807, 2.05) is 23.1 Å². The van der Waals surface area contributed by atoms with Crippen LogP contribution in [0, 0.1) is 11.8 Å². The molecule has 0 aliphatic carbocycles. The minimum Gasteiger partial charge on any atom is -0.338 e. The van der Waals surface area contributed by atoms with Gasteiger partial charge in [0.2, 0.25) is 5.91 Å². The van der Waals surface area contributed by atoms with Crippen LogP contribution in [-0.2, 0) is 21.5 Å². The van der Waals surface area contributed by atoms with Crippen LogP contribution in [0.25, 0.3) is 0 Å². The van der Waals surface area contributed by atoms with Crippen LogP contribution in [0.1, 0.15) is 37.7 Å². The second-order valence-electron chi connectivity index (χ2n) is 7.87. The molecule has 0 unspecified atom stereocenters. The van der Waals surface area contributed by atoms with Crippen molar-refractivity contribution in [1.29, 1.82) is 0 Å². The molecule has 2 heterocycles. The van der Waals surface area contributed by atoms with Gasteiger partial charge in [-0.2, -0.15) is 17.0 Å². The molecule has 2 aliphatic rings. The van der Waals surface area contributed by atoms with Gasteiger partial charge in [-0.1, -0.05) is 36.8 Å². The number of hydrogen-bond acceptors (Lipinski definition) is 3. The molecule has 0 N–H and O–H groups in total. The Morgan fingerprint density at radius 1 is 1.00 bits per heavy atom. The van der Waals surface area contributed by atoms with Gasteiger partial charge in [-0.3, -0.25) is 4.79 Å². The molecular weight excluding hydrogens is 362 g/mol. The number of nitrogens with zero attached hydrogens (tertiary/aromatic N) is 3. The Balaban J connectivity index is 1.65. The molecule has 2 saturated heterocycles. The third-order valence-corrected chi connectivity index (χ3v) is 7.83. The Bertz CT molecular complexity index is 728. The molecule has 1 atom stereocenters. The Morgan fingerprint density at radius 3 is 2.30 bits per heavy atom. The molecule has 0 saturated carbocycles. The lowest BCUT2D eigenvalue weighted by Gasteiger charge is -2.36. The monoisotopic (exact) mass is 393 g/mol. The van der Waals surface area contributed by atoms with Crippen molar-refractivity contribution in [1.82, 2.24) is 13.5 Å². The summed E-state index contributed by atoms with van der Waals surface area (Å²) in [5, 5.41) is 0. The van der Waals surface area contributed by atoms with Crippen molar-refractivity contribution >= 4 is 16.1 Å². The predicted molar refractivity (Wildman–Crippen MR) is 106 cm³/mol. The summed E-state index contributed by atoms with van der Waals surface area (Å²) in [7, 11) is -0.221. The Labute approximate surface area is 163 Å². The van der Waals surface area contributed by atoms with E-state index >= 15 is 0 Å². The van der Waals surface area contributed by atoms with Crippen molar-refractivity contribution in [2.24, 2.45) is 11.8 Å². The highest BCUT2D eigenvalue weighted by Gasteiger charge is 2.37. The number of carbonyl (C=O) groups excluding carboxylic acids is 1. The normalized spacial score (nSPS) is 23.6. The first-order chi connectivity index (χ1) is 12.9. The van der Waals surface area contributed by atoms with E-state index in [1.165, 1.54) is 9.87 Å². The molecule has 3 rings (SSSR count). The second-order valence-corrected chi connectivity index (χ2v) is 10.0. The molecule has 1 aromatic carbocycles. The number of rotatable bonds is 5. The maximum absolute atomic E-state index is 13.2. The fraction of sp³-hybridized carbons (Fsp3) is 0.650. The number of piperidine rings is 1. The zero-order valence-corrected chi connectivity index (χ0v) is 17.2. The summed E-state index contributed by atoms with van der Waals surface area (Å²) in [6.45, 7) is 2.50. The number of amides is 1. The fourth-order valence-electron chi connectivity index (χ4n) is 4.27. The average Bonchev–Trinajstić information content (AvgIpc) is 2.84. The highest BCUT2D eigenvalue weighted by molar-refractivity contribution is 7.86. The van der Waals surface area contributed by atoms with Gasteiger partial charge in [0, 0.05) is 46.2 Å². The van der Waals surface area contributed by atoms with Crippen molar-refractivity contribution in [2.45, 2.75) is 38.6 Å². The summed E-state index contributed by atoms with van der Waals surface area (Å²) in [6, 6.07) is 10.1. The van der Waals surface area contributed by atoms with Crippen molar-refractivity contribution in [2.75, 3.05) is 33.7 Å². The van der Waals surface area contributed by atoms with E-state index in [0.717, 1.165) is 38.6 Å². The first-order valence-electron chi connectivity index (χ1n) is 9.90. The fourth-order valence-corrected chi connectivity index (χ4v) is 5.41. The van der Waals surface area contributed by atoms with Crippen molar-refractivity contribution in [3.05, 3.63) is 35.9 Å². The largest absolute Gasteiger partial charge is 0.338 e. The van der Waals surface area contributed by atoms with Crippen LogP contribution < -0.4 is 0 Å². The van der Waals surface area contributed by atoms with E-state index < -0.39 is 10.2 Å². The third-order valence-electron chi connectivity index (χ3n) is 5.89. The number of likely N-dealkylation sites (tertiary alicyclic amines) is 1. The third kappa shape index (κ3) is 4.70. The average molecular weight is 394 g/mol. The van der Waals surface area contributed by atoms with Gasteiger partial charge in [-0.15, -0.1) is 0 Å². The van der Waals surface area contributed by atoms with E-state index in [0.29, 0.717) is 19.6 Å². The summed E-state index contributed by atoms with van der Waals surface area (Å²) < 4.78 is 27.5. The maximum atomic E-state index is 13.2. The Hall–Kier alpha value is -1.44. The lowest BCUT2D eigenvalue weighted by atomic mass is 9.81. The minimum absolute atomic E-state index is 0.0282. The lowest BCUT2D eigenvalue weighted by Crippen LogP contribution is -2.47. The van der Waals surface area contributed by atoms with Gasteiger partial charge in [0.05, 0.1) is 0 Å². The van der Waals surface area contributed by atoms with E-state index in [2.05, 4.69) is 12.1 Å². The zero-order chi connectivity index (χ0) is 19.4. The molecule has 27 heavy (non-hydrogen) atoms. The number of carbonyl (C=O) groups is 1. The topological polar surface area (TPSA) is 60.9 Å². The van der Waals surface area contributed by atoms with E-state index in [-0.39, 0.29) is 17.7 Å². The van der Waals surface area contributed by atoms with Gasteiger partial charge in [-0.05, 0) is 37.2 Å². The molecule has 150 valence electrons. The van der Waals surface area contributed by atoms with Gasteiger partial charge in [0.1, 0.15) is 0 Å². The summed E-state index contributed by atoms with van der Waals surface area (Å²) in [6.07, 6.45) is 4.57. The Morgan fingerprint density at radius 2 is 1.67 bits per heavy atom. The molecule has 2 fully saturated rings. The second kappa shape index (κ2) is 8.71. The first-order valence-corrected chi connectivity index (χ1v) is 11.3. The van der Waals surface area contributed by atoms with Crippen LogP contribution in [0.4, 0.5) is 0 Å². The maximum Gasteiger partial charge on any atom is 0.281 e. The summed E-state index contributed by atoms with van der Waals surface area (Å²) in [4.78, 5) is 15.2. The van der Waals surface area contributed by atoms with Gasteiger partial charge in [0.25, 0.3) is 10.2 Å². The predicted octanol–water partition coefficient (Wildman–Crippen LogP) is 2.33. The smallest absolute Gasteiger partial charge is 0.281 e. The van der Waals surface area contributed by atoms with Crippen LogP contribution in [0.2, 0.25) is 0 Å². The zero-order valence-electron chi connectivity index (χ0n) is 16.4. The van der Waals surface area contributed by atoms with Crippen LogP contribution in [0.3, 0.4) is 0 Å². The molecule has 1 amide bonds. The van der Waals surface area contributed by atoms with Crippen molar-refractivity contribution in [3.8, 4) is 0 Å². The minimum atomic E-state index is -3.35. The Kier molecular flexibility index (Phi) is 6.55. The number of hydrogen-bond donors (Lipinski definition) is 0. The molecular formula is C20H31N3O3S. The highest BCUT2D eigenvalue weighted by atomic mass is 32.2. The summed E-state index contributed by atoms with van der Waals surface area (Å²) in [5.74, 6) is 0.563. The summed E-state index contributed by atoms with van der Waals surface area (Å²) >= 11 is 0. The lowest BCUT2D eigenvalue weighted by molar-refractivity contribution is -0.137. The van der Waals surface area contributed by atoms with Gasteiger partial charge in [0.15, 0.2) is 0 Å². The molecule has 0 aromatic heterocycles. The first kappa shape index (κ1) is 20.3. The van der Waals surface area contributed by atoms with Crippen LogP contribution in [0.15, 0.2) is 30.3 Å². The SMILES string of the molecule is CN(C)S(=O)(=O)N1CCC([C@H]2CCCCN(Cc3ccccc3)C2=O)CC1. The number of benzene rings is 1. The van der Waals surface area contributed by atoms with Crippen molar-refractivity contribution in [3.63, 3.8) is 0 Å². The molecule has 0 spiro atoms. The molecule has 2 aliphatic heterocycles. The molecule has 7 heteroatoms. The van der Waals surface area contributed by atoms with E-state index in [4.69, 9.17) is 0 Å². The van der Waals surface area contributed by atoms with Crippen molar-refractivity contribution < 1.29 is 13.2 Å². The highest BCUT2D eigenvalue weighted by Crippen LogP contribution is 2.33.